The summed E-state index contributed by atoms with van der Waals surface area (Å²) in [5.74, 6) is 0.177. The minimum Gasteiger partial charge on any atom is -0.497 e. The zero-order valence-electron chi connectivity index (χ0n) is 15.4. The summed E-state index contributed by atoms with van der Waals surface area (Å²) in [7, 11) is 1.60. The number of carbonyl (C=O) groups excluding carboxylic acids is 1. The number of nitrogens with one attached hydrogen (secondary N) is 1. The third kappa shape index (κ3) is 4.58. The van der Waals surface area contributed by atoms with Gasteiger partial charge in [0.1, 0.15) is 16.7 Å². The van der Waals surface area contributed by atoms with Crippen LogP contribution >= 0.6 is 11.6 Å². The predicted molar refractivity (Wildman–Crippen MR) is 107 cm³/mol. The van der Waals surface area contributed by atoms with E-state index in [2.05, 4.69) is 10.4 Å². The maximum absolute atomic E-state index is 13.1. The van der Waals surface area contributed by atoms with Crippen LogP contribution in [0.4, 0.5) is 4.39 Å². The van der Waals surface area contributed by atoms with E-state index in [1.807, 2.05) is 24.3 Å². The van der Waals surface area contributed by atoms with Crippen molar-refractivity contribution in [3.05, 3.63) is 82.4 Å². The van der Waals surface area contributed by atoms with E-state index in [9.17, 15) is 9.18 Å². The lowest BCUT2D eigenvalue weighted by atomic mass is 10.2. The second kappa shape index (κ2) is 8.71. The van der Waals surface area contributed by atoms with E-state index in [4.69, 9.17) is 16.3 Å². The third-order valence-electron chi connectivity index (χ3n) is 4.15. The van der Waals surface area contributed by atoms with Gasteiger partial charge in [0.05, 0.1) is 18.5 Å². The number of halogens is 2. The molecule has 28 heavy (non-hydrogen) atoms. The van der Waals surface area contributed by atoms with Gasteiger partial charge in [-0.15, -0.1) is 0 Å². The van der Waals surface area contributed by atoms with Gasteiger partial charge >= 0.3 is 0 Å². The number of methoxy groups -OCH3 is 1. The van der Waals surface area contributed by atoms with Gasteiger partial charge in [0, 0.05) is 18.2 Å². The Morgan fingerprint density at radius 3 is 2.54 bits per heavy atom. The van der Waals surface area contributed by atoms with Gasteiger partial charge in [-0.2, -0.15) is 5.10 Å². The Kier molecular flexibility index (Phi) is 6.11. The standard InChI is InChI=1S/C21H19ClFN3O2/c1-14-19(21(22)26(25-14)17-7-5-16(23)6-8-17)11-12-20(27)24-13-15-3-9-18(28-2)10-4-15/h3-12H,13H2,1-2H3,(H,24,27). The highest BCUT2D eigenvalue weighted by Crippen LogP contribution is 2.24. The monoisotopic (exact) mass is 399 g/mol. The van der Waals surface area contributed by atoms with E-state index in [1.54, 1.807) is 32.2 Å². The number of ether oxygens (including phenoxy) is 1. The van der Waals surface area contributed by atoms with Gasteiger partial charge in [0.25, 0.3) is 0 Å². The van der Waals surface area contributed by atoms with Crippen LogP contribution in [0.25, 0.3) is 11.8 Å². The van der Waals surface area contributed by atoms with Crippen molar-refractivity contribution in [1.82, 2.24) is 15.1 Å². The molecule has 7 heteroatoms. The molecule has 0 bridgehead atoms. The number of amides is 1. The second-order valence-electron chi connectivity index (χ2n) is 6.08. The highest BCUT2D eigenvalue weighted by atomic mass is 35.5. The lowest BCUT2D eigenvalue weighted by molar-refractivity contribution is -0.116. The van der Waals surface area contributed by atoms with Crippen LogP contribution in [0.5, 0.6) is 5.75 Å². The molecule has 1 aromatic heterocycles. The first-order chi connectivity index (χ1) is 13.5. The molecule has 144 valence electrons. The molecule has 0 spiro atoms. The minimum absolute atomic E-state index is 0.249. The van der Waals surface area contributed by atoms with Gasteiger partial charge in [0.2, 0.25) is 5.91 Å². The normalized spacial score (nSPS) is 11.0. The summed E-state index contributed by atoms with van der Waals surface area (Å²) in [5, 5.41) is 7.53. The molecule has 0 aliphatic rings. The van der Waals surface area contributed by atoms with Crippen molar-refractivity contribution in [1.29, 1.82) is 0 Å². The first kappa shape index (κ1) is 19.6. The van der Waals surface area contributed by atoms with Crippen LogP contribution in [0.1, 0.15) is 16.8 Å². The molecular formula is C21H19ClFN3O2. The van der Waals surface area contributed by atoms with Crippen molar-refractivity contribution < 1.29 is 13.9 Å². The number of aromatic nitrogens is 2. The van der Waals surface area contributed by atoms with E-state index in [-0.39, 0.29) is 11.7 Å². The minimum atomic E-state index is -0.336. The highest BCUT2D eigenvalue weighted by molar-refractivity contribution is 6.31. The van der Waals surface area contributed by atoms with E-state index < -0.39 is 0 Å². The third-order valence-corrected chi connectivity index (χ3v) is 4.51. The largest absolute Gasteiger partial charge is 0.497 e. The number of benzene rings is 2. The van der Waals surface area contributed by atoms with Crippen LogP contribution in [0, 0.1) is 12.7 Å². The fourth-order valence-corrected chi connectivity index (χ4v) is 2.94. The molecule has 0 saturated heterocycles. The van der Waals surface area contributed by atoms with Crippen LogP contribution in [0.15, 0.2) is 54.6 Å². The number of hydrogen-bond donors (Lipinski definition) is 1. The Morgan fingerprint density at radius 1 is 1.21 bits per heavy atom. The highest BCUT2D eigenvalue weighted by Gasteiger charge is 2.13. The SMILES string of the molecule is COc1ccc(CNC(=O)C=Cc2c(C)nn(-c3ccc(F)cc3)c2Cl)cc1. The molecule has 0 aliphatic carbocycles. The molecule has 0 aliphatic heterocycles. The smallest absolute Gasteiger partial charge is 0.244 e. The Morgan fingerprint density at radius 2 is 1.89 bits per heavy atom. The lowest BCUT2D eigenvalue weighted by Crippen LogP contribution is -2.20. The average molecular weight is 400 g/mol. The number of hydrogen-bond acceptors (Lipinski definition) is 3. The average Bonchev–Trinajstić information content (AvgIpc) is 2.99. The molecule has 1 heterocycles. The molecule has 2 aromatic carbocycles. The van der Waals surface area contributed by atoms with E-state index in [1.165, 1.54) is 22.9 Å². The van der Waals surface area contributed by atoms with Crippen molar-refractivity contribution in [3.63, 3.8) is 0 Å². The molecular weight excluding hydrogens is 381 g/mol. The van der Waals surface area contributed by atoms with Crippen LogP contribution in [0.3, 0.4) is 0 Å². The summed E-state index contributed by atoms with van der Waals surface area (Å²) >= 11 is 6.40. The molecule has 3 aromatic rings. The van der Waals surface area contributed by atoms with Gasteiger partial charge in [-0.1, -0.05) is 23.7 Å². The second-order valence-corrected chi connectivity index (χ2v) is 6.44. The fourth-order valence-electron chi connectivity index (χ4n) is 2.60. The van der Waals surface area contributed by atoms with Gasteiger partial charge in [-0.05, 0) is 55.0 Å². The van der Waals surface area contributed by atoms with E-state index in [0.717, 1.165) is 11.3 Å². The maximum Gasteiger partial charge on any atom is 0.244 e. The number of carbonyl (C=O) groups is 1. The first-order valence-electron chi connectivity index (χ1n) is 8.58. The van der Waals surface area contributed by atoms with Crippen molar-refractivity contribution in [2.75, 3.05) is 7.11 Å². The maximum atomic E-state index is 13.1. The molecule has 0 saturated carbocycles. The van der Waals surface area contributed by atoms with E-state index in [0.29, 0.717) is 28.6 Å². The zero-order valence-corrected chi connectivity index (χ0v) is 16.2. The predicted octanol–water partition coefficient (Wildman–Crippen LogP) is 4.31. The van der Waals surface area contributed by atoms with Crippen molar-refractivity contribution in [2.45, 2.75) is 13.5 Å². The Labute approximate surface area is 167 Å². The van der Waals surface area contributed by atoms with Crippen LogP contribution in [0.2, 0.25) is 5.15 Å². The molecule has 0 atom stereocenters. The summed E-state index contributed by atoms with van der Waals surface area (Å²) < 4.78 is 19.7. The number of aryl methyl sites for hydroxylation is 1. The van der Waals surface area contributed by atoms with Crippen molar-refractivity contribution in [3.8, 4) is 11.4 Å². The Hall–Kier alpha value is -3.12. The fraction of sp³-hybridized carbons (Fsp3) is 0.143. The van der Waals surface area contributed by atoms with Gasteiger partial charge < -0.3 is 10.1 Å². The van der Waals surface area contributed by atoms with Crippen molar-refractivity contribution >= 4 is 23.6 Å². The molecule has 0 fully saturated rings. The molecule has 0 unspecified atom stereocenters. The van der Waals surface area contributed by atoms with E-state index >= 15 is 0 Å². The quantitative estimate of drug-likeness (QED) is 0.628. The molecule has 1 amide bonds. The Bertz CT molecular complexity index is 996. The summed E-state index contributed by atoms with van der Waals surface area (Å²) in [6.07, 6.45) is 3.03. The van der Waals surface area contributed by atoms with Crippen LogP contribution in [-0.2, 0) is 11.3 Å². The molecule has 3 rings (SSSR count). The zero-order chi connectivity index (χ0) is 20.1. The summed E-state index contributed by atoms with van der Waals surface area (Å²) in [6.45, 7) is 2.19. The molecule has 0 radical (unpaired) electrons. The first-order valence-corrected chi connectivity index (χ1v) is 8.95. The summed E-state index contributed by atoms with van der Waals surface area (Å²) in [6, 6.07) is 13.3. The molecule has 5 nitrogen and oxygen atoms in total. The Balaban J connectivity index is 1.67. The number of rotatable bonds is 6. The summed E-state index contributed by atoms with van der Waals surface area (Å²) in [5.41, 5.74) is 2.89. The number of nitrogens with zero attached hydrogens (tertiary/aromatic N) is 2. The van der Waals surface area contributed by atoms with Gasteiger partial charge in [-0.25, -0.2) is 9.07 Å². The molecule has 1 N–H and O–H groups in total. The van der Waals surface area contributed by atoms with Gasteiger partial charge in [-0.3, -0.25) is 4.79 Å². The van der Waals surface area contributed by atoms with Crippen LogP contribution < -0.4 is 10.1 Å². The van der Waals surface area contributed by atoms with Crippen LogP contribution in [-0.4, -0.2) is 22.8 Å². The topological polar surface area (TPSA) is 56.1 Å². The van der Waals surface area contributed by atoms with Crippen molar-refractivity contribution in [2.24, 2.45) is 0 Å². The van der Waals surface area contributed by atoms with Gasteiger partial charge in [0.15, 0.2) is 0 Å². The lowest BCUT2D eigenvalue weighted by Gasteiger charge is -2.04. The summed E-state index contributed by atoms with van der Waals surface area (Å²) in [4.78, 5) is 12.1.